The van der Waals surface area contributed by atoms with E-state index in [-0.39, 0.29) is 12.5 Å². The molecule has 0 saturated carbocycles. The zero-order chi connectivity index (χ0) is 10.0. The van der Waals surface area contributed by atoms with Gasteiger partial charge in [0.1, 0.15) is 12.2 Å². The van der Waals surface area contributed by atoms with Gasteiger partial charge in [-0.25, -0.2) is 0 Å². The van der Waals surface area contributed by atoms with Crippen LogP contribution in [0.3, 0.4) is 0 Å². The molecule has 13 heavy (non-hydrogen) atoms. The van der Waals surface area contributed by atoms with Gasteiger partial charge in [0, 0.05) is 13.0 Å². The molecule has 0 aromatic carbocycles. The molecule has 1 fully saturated rings. The molecular formula is C8H16O5. The van der Waals surface area contributed by atoms with Crippen molar-refractivity contribution >= 4 is 0 Å². The van der Waals surface area contributed by atoms with Gasteiger partial charge in [-0.3, -0.25) is 0 Å². The van der Waals surface area contributed by atoms with Crippen LogP contribution in [0.25, 0.3) is 0 Å². The number of ether oxygens (including phenoxy) is 2. The number of aliphatic hydroxyl groups is 3. The summed E-state index contributed by atoms with van der Waals surface area (Å²) in [5, 5.41) is 27.8. The lowest BCUT2D eigenvalue weighted by Crippen LogP contribution is -2.55. The van der Waals surface area contributed by atoms with E-state index in [1.54, 1.807) is 6.92 Å². The first kappa shape index (κ1) is 10.9. The van der Waals surface area contributed by atoms with Crippen LogP contribution in [0.5, 0.6) is 0 Å². The van der Waals surface area contributed by atoms with Gasteiger partial charge >= 0.3 is 0 Å². The van der Waals surface area contributed by atoms with Crippen molar-refractivity contribution < 1.29 is 24.8 Å². The molecule has 0 radical (unpaired) electrons. The third-order valence-electron chi connectivity index (χ3n) is 2.42. The molecule has 1 aliphatic rings. The van der Waals surface area contributed by atoms with Gasteiger partial charge < -0.3 is 24.8 Å². The van der Waals surface area contributed by atoms with Crippen LogP contribution >= 0.6 is 0 Å². The fraction of sp³-hybridized carbons (Fsp3) is 1.00. The molecule has 0 aromatic heterocycles. The van der Waals surface area contributed by atoms with E-state index in [1.807, 2.05) is 0 Å². The first-order valence-corrected chi connectivity index (χ1v) is 4.27. The second-order valence-electron chi connectivity index (χ2n) is 3.30. The molecule has 1 heterocycles. The predicted molar refractivity (Wildman–Crippen MR) is 43.9 cm³/mol. The highest BCUT2D eigenvalue weighted by Gasteiger charge is 2.41. The average Bonchev–Trinajstić information content (AvgIpc) is 2.15. The lowest BCUT2D eigenvalue weighted by atomic mass is 9.93. The summed E-state index contributed by atoms with van der Waals surface area (Å²) in [6, 6.07) is 0. The number of methoxy groups -OCH3 is 1. The van der Waals surface area contributed by atoms with Crippen LogP contribution in [0.15, 0.2) is 0 Å². The lowest BCUT2D eigenvalue weighted by Gasteiger charge is -2.40. The topological polar surface area (TPSA) is 79.2 Å². The second-order valence-corrected chi connectivity index (χ2v) is 3.30. The van der Waals surface area contributed by atoms with Crippen molar-refractivity contribution in [3.63, 3.8) is 0 Å². The molecule has 1 saturated heterocycles. The highest BCUT2D eigenvalue weighted by molar-refractivity contribution is 4.86. The molecule has 5 nitrogen and oxygen atoms in total. The minimum absolute atomic E-state index is 0.303. The molecule has 1 aliphatic heterocycles. The Bertz CT molecular complexity index is 143. The van der Waals surface area contributed by atoms with E-state index in [0.29, 0.717) is 0 Å². The lowest BCUT2D eigenvalue weighted by molar-refractivity contribution is -0.274. The quantitative estimate of drug-likeness (QED) is 0.507. The molecule has 2 unspecified atom stereocenters. The largest absolute Gasteiger partial charge is 0.394 e. The van der Waals surface area contributed by atoms with E-state index < -0.39 is 24.6 Å². The van der Waals surface area contributed by atoms with Crippen LogP contribution in [0.2, 0.25) is 0 Å². The first-order valence-electron chi connectivity index (χ1n) is 4.27. The Labute approximate surface area is 76.9 Å². The molecule has 0 bridgehead atoms. The van der Waals surface area contributed by atoms with Crippen molar-refractivity contribution in [2.45, 2.75) is 31.5 Å². The van der Waals surface area contributed by atoms with Gasteiger partial charge in [-0.15, -0.1) is 0 Å². The fourth-order valence-corrected chi connectivity index (χ4v) is 1.49. The fourth-order valence-electron chi connectivity index (χ4n) is 1.49. The molecular weight excluding hydrogens is 176 g/mol. The number of rotatable bonds is 2. The molecule has 3 N–H and O–H groups in total. The van der Waals surface area contributed by atoms with Crippen LogP contribution in [-0.4, -0.2) is 53.6 Å². The maximum Gasteiger partial charge on any atom is 0.162 e. The standard InChI is InChI=1S/C8H16O5/c1-4-6(10)7(11)5(3-9)13-8(4)12-2/h4-11H,3H2,1-2H3/t4-,5?,6?,7-,8+/m0/s1. The predicted octanol–water partition coefficient (Wildman–Crippen LogP) is -1.29. The summed E-state index contributed by atoms with van der Waals surface area (Å²) in [5.41, 5.74) is 0. The molecule has 1 rings (SSSR count). The van der Waals surface area contributed by atoms with Gasteiger partial charge in [-0.2, -0.15) is 0 Å². The maximum atomic E-state index is 9.53. The number of hydrogen-bond acceptors (Lipinski definition) is 5. The normalized spacial score (nSPS) is 46.4. The van der Waals surface area contributed by atoms with Gasteiger partial charge in [0.15, 0.2) is 6.29 Å². The monoisotopic (exact) mass is 192 g/mol. The van der Waals surface area contributed by atoms with Gasteiger partial charge in [0.2, 0.25) is 0 Å². The molecule has 78 valence electrons. The van der Waals surface area contributed by atoms with Gasteiger partial charge in [-0.1, -0.05) is 6.92 Å². The molecule has 5 heteroatoms. The zero-order valence-electron chi connectivity index (χ0n) is 7.75. The van der Waals surface area contributed by atoms with Crippen molar-refractivity contribution in [3.8, 4) is 0 Å². The molecule has 0 amide bonds. The van der Waals surface area contributed by atoms with E-state index in [2.05, 4.69) is 0 Å². The van der Waals surface area contributed by atoms with Crippen LogP contribution in [-0.2, 0) is 9.47 Å². The Kier molecular flexibility index (Phi) is 3.63. The van der Waals surface area contributed by atoms with Crippen molar-refractivity contribution in [1.29, 1.82) is 0 Å². The van der Waals surface area contributed by atoms with Crippen molar-refractivity contribution in [3.05, 3.63) is 0 Å². The smallest absolute Gasteiger partial charge is 0.162 e. The zero-order valence-corrected chi connectivity index (χ0v) is 7.75. The third-order valence-corrected chi connectivity index (χ3v) is 2.42. The Hall–Kier alpha value is -0.200. The average molecular weight is 192 g/mol. The summed E-state index contributed by atoms with van der Waals surface area (Å²) in [7, 11) is 1.46. The van der Waals surface area contributed by atoms with E-state index in [4.69, 9.17) is 14.6 Å². The summed E-state index contributed by atoms with van der Waals surface area (Å²) in [6.45, 7) is 1.39. The van der Waals surface area contributed by atoms with Gasteiger partial charge in [0.05, 0.1) is 12.7 Å². The summed E-state index contributed by atoms with van der Waals surface area (Å²) < 4.78 is 10.1. The van der Waals surface area contributed by atoms with Crippen LogP contribution in [0, 0.1) is 5.92 Å². The minimum atomic E-state index is -1.05. The highest BCUT2D eigenvalue weighted by Crippen LogP contribution is 2.25. The van der Waals surface area contributed by atoms with Crippen molar-refractivity contribution in [2.24, 2.45) is 5.92 Å². The highest BCUT2D eigenvalue weighted by atomic mass is 16.7. The SMILES string of the molecule is CO[C@@H]1OC(CO)[C@H](O)C(O)[C@@H]1C. The molecule has 5 atom stereocenters. The molecule has 0 aromatic rings. The van der Waals surface area contributed by atoms with Crippen LogP contribution < -0.4 is 0 Å². The molecule has 0 aliphatic carbocycles. The Morgan fingerprint density at radius 3 is 2.38 bits per heavy atom. The Morgan fingerprint density at radius 2 is 1.92 bits per heavy atom. The Morgan fingerprint density at radius 1 is 1.31 bits per heavy atom. The minimum Gasteiger partial charge on any atom is -0.394 e. The van der Waals surface area contributed by atoms with Gasteiger partial charge in [-0.05, 0) is 0 Å². The second kappa shape index (κ2) is 4.34. The van der Waals surface area contributed by atoms with E-state index in [0.717, 1.165) is 0 Å². The first-order chi connectivity index (χ1) is 6.11. The van der Waals surface area contributed by atoms with E-state index in [9.17, 15) is 10.2 Å². The van der Waals surface area contributed by atoms with E-state index >= 15 is 0 Å². The number of hydrogen-bond donors (Lipinski definition) is 3. The number of aliphatic hydroxyl groups excluding tert-OH is 3. The Balaban J connectivity index is 2.66. The molecule has 0 spiro atoms. The third kappa shape index (κ3) is 2.00. The van der Waals surface area contributed by atoms with Crippen molar-refractivity contribution in [1.82, 2.24) is 0 Å². The summed E-state index contributed by atoms with van der Waals surface area (Å²) in [4.78, 5) is 0. The van der Waals surface area contributed by atoms with Gasteiger partial charge in [0.25, 0.3) is 0 Å². The summed E-state index contributed by atoms with van der Waals surface area (Å²) >= 11 is 0. The summed E-state index contributed by atoms with van der Waals surface area (Å²) in [5.74, 6) is -0.303. The van der Waals surface area contributed by atoms with E-state index in [1.165, 1.54) is 7.11 Å². The maximum absolute atomic E-state index is 9.53. The van der Waals surface area contributed by atoms with Crippen molar-refractivity contribution in [2.75, 3.05) is 13.7 Å². The van der Waals surface area contributed by atoms with Crippen LogP contribution in [0.4, 0.5) is 0 Å². The van der Waals surface area contributed by atoms with Crippen LogP contribution in [0.1, 0.15) is 6.92 Å². The summed E-state index contributed by atoms with van der Waals surface area (Å²) in [6.07, 6.45) is -3.31.